The molecule has 2 rings (SSSR count). The highest BCUT2D eigenvalue weighted by molar-refractivity contribution is 5.94. The predicted molar refractivity (Wildman–Crippen MR) is 60.8 cm³/mol. The van der Waals surface area contributed by atoms with E-state index in [1.54, 1.807) is 12.4 Å². The topological polar surface area (TPSA) is 83.8 Å². The van der Waals surface area contributed by atoms with Crippen molar-refractivity contribution in [3.63, 3.8) is 0 Å². The lowest BCUT2D eigenvalue weighted by Gasteiger charge is -2.08. The van der Waals surface area contributed by atoms with Crippen LogP contribution >= 0.6 is 0 Å². The number of hydrogen-bond donors (Lipinski definition) is 3. The third-order valence-electron chi connectivity index (χ3n) is 2.32. The molecule has 1 aromatic heterocycles. The second kappa shape index (κ2) is 4.82. The van der Waals surface area contributed by atoms with Crippen molar-refractivity contribution in [2.45, 2.75) is 6.54 Å². The summed E-state index contributed by atoms with van der Waals surface area (Å²) in [4.78, 5) is 17.7. The van der Waals surface area contributed by atoms with Crippen LogP contribution in [0.3, 0.4) is 0 Å². The molecule has 5 nitrogen and oxygen atoms in total. The maximum atomic E-state index is 13.4. The average molecular weight is 252 g/mol. The molecule has 0 spiro atoms. The molecule has 1 amide bonds. The molecule has 2 aromatic rings. The number of benzene rings is 1. The number of anilines is 1. The summed E-state index contributed by atoms with van der Waals surface area (Å²) >= 11 is 0. The van der Waals surface area contributed by atoms with Gasteiger partial charge in [-0.25, -0.2) is 13.8 Å². The van der Waals surface area contributed by atoms with Crippen molar-refractivity contribution in [2.24, 2.45) is 5.73 Å². The lowest BCUT2D eigenvalue weighted by molar-refractivity contribution is 0.0996. The molecule has 0 aliphatic heterocycles. The number of carbonyl (C=O) groups is 1. The second-order valence-corrected chi connectivity index (χ2v) is 3.57. The molecular weight excluding hydrogens is 242 g/mol. The van der Waals surface area contributed by atoms with E-state index in [1.165, 1.54) is 0 Å². The highest BCUT2D eigenvalue weighted by atomic mass is 19.1. The van der Waals surface area contributed by atoms with E-state index in [4.69, 9.17) is 5.73 Å². The summed E-state index contributed by atoms with van der Waals surface area (Å²) in [5.74, 6) is -2.15. The standard InChI is InChI=1S/C11H10F2N4O/c12-7-4-8(13)9(3-6(7)11(14)18)17-5-10-15-1-2-16-10/h1-4,17H,5H2,(H2,14,18)(H,15,16). The van der Waals surface area contributed by atoms with Gasteiger partial charge in [0.1, 0.15) is 17.5 Å². The Labute approximate surface area is 101 Å². The summed E-state index contributed by atoms with van der Waals surface area (Å²) in [6, 6.07) is 1.65. The number of H-pyrrole nitrogens is 1. The van der Waals surface area contributed by atoms with Gasteiger partial charge in [-0.3, -0.25) is 4.79 Å². The average Bonchev–Trinajstić information content (AvgIpc) is 2.80. The molecule has 4 N–H and O–H groups in total. The summed E-state index contributed by atoms with van der Waals surface area (Å²) in [5.41, 5.74) is 4.60. The van der Waals surface area contributed by atoms with Gasteiger partial charge in [0, 0.05) is 18.5 Å². The molecule has 0 aliphatic rings. The molecule has 18 heavy (non-hydrogen) atoms. The van der Waals surface area contributed by atoms with Crippen LogP contribution < -0.4 is 11.1 Å². The third kappa shape index (κ3) is 2.45. The Morgan fingerprint density at radius 2 is 2.17 bits per heavy atom. The van der Waals surface area contributed by atoms with E-state index in [2.05, 4.69) is 15.3 Å². The van der Waals surface area contributed by atoms with Crippen molar-refractivity contribution in [2.75, 3.05) is 5.32 Å². The molecule has 0 saturated carbocycles. The van der Waals surface area contributed by atoms with E-state index in [0.29, 0.717) is 11.9 Å². The minimum atomic E-state index is -0.983. The van der Waals surface area contributed by atoms with Crippen molar-refractivity contribution in [3.8, 4) is 0 Å². The van der Waals surface area contributed by atoms with Crippen LogP contribution in [0.4, 0.5) is 14.5 Å². The molecular formula is C11H10F2N4O. The van der Waals surface area contributed by atoms with E-state index < -0.39 is 17.5 Å². The van der Waals surface area contributed by atoms with E-state index in [9.17, 15) is 13.6 Å². The summed E-state index contributed by atoms with van der Waals surface area (Å²) in [5, 5.41) is 2.69. The number of rotatable bonds is 4. The van der Waals surface area contributed by atoms with Crippen LogP contribution in [0.2, 0.25) is 0 Å². The van der Waals surface area contributed by atoms with Gasteiger partial charge in [-0.1, -0.05) is 0 Å². The number of hydrogen-bond acceptors (Lipinski definition) is 3. The van der Waals surface area contributed by atoms with Crippen molar-refractivity contribution >= 4 is 11.6 Å². The first-order chi connectivity index (χ1) is 8.58. The van der Waals surface area contributed by atoms with E-state index in [-0.39, 0.29) is 17.8 Å². The molecule has 0 fully saturated rings. The fourth-order valence-electron chi connectivity index (χ4n) is 1.45. The first-order valence-electron chi connectivity index (χ1n) is 5.09. The number of aromatic nitrogens is 2. The zero-order valence-electron chi connectivity index (χ0n) is 9.21. The highest BCUT2D eigenvalue weighted by Crippen LogP contribution is 2.19. The Hall–Kier alpha value is -2.44. The van der Waals surface area contributed by atoms with E-state index in [0.717, 1.165) is 6.07 Å². The Kier molecular flexibility index (Phi) is 3.22. The number of nitrogens with two attached hydrogens (primary N) is 1. The molecule has 1 aromatic carbocycles. The summed E-state index contributed by atoms with van der Waals surface area (Å²) in [6.45, 7) is 0.216. The largest absolute Gasteiger partial charge is 0.375 e. The van der Waals surface area contributed by atoms with Crippen LogP contribution in [0, 0.1) is 11.6 Å². The fraction of sp³-hybridized carbons (Fsp3) is 0.0909. The molecule has 0 radical (unpaired) electrons. The minimum Gasteiger partial charge on any atom is -0.375 e. The van der Waals surface area contributed by atoms with Gasteiger partial charge in [0.15, 0.2) is 0 Å². The number of amides is 1. The van der Waals surface area contributed by atoms with Crippen LogP contribution in [0.15, 0.2) is 24.5 Å². The molecule has 1 heterocycles. The maximum Gasteiger partial charge on any atom is 0.251 e. The Bertz CT molecular complexity index is 569. The summed E-state index contributed by atoms with van der Waals surface area (Å²) in [6.07, 6.45) is 3.17. The summed E-state index contributed by atoms with van der Waals surface area (Å²) in [7, 11) is 0. The van der Waals surface area contributed by atoms with Crippen LogP contribution in [0.1, 0.15) is 16.2 Å². The lowest BCUT2D eigenvalue weighted by atomic mass is 10.1. The van der Waals surface area contributed by atoms with Gasteiger partial charge in [-0.05, 0) is 6.07 Å². The zero-order chi connectivity index (χ0) is 13.1. The molecule has 7 heteroatoms. The first-order valence-corrected chi connectivity index (χ1v) is 5.09. The molecule has 0 aliphatic carbocycles. The van der Waals surface area contributed by atoms with E-state index >= 15 is 0 Å². The van der Waals surface area contributed by atoms with Crippen LogP contribution in [0.25, 0.3) is 0 Å². The van der Waals surface area contributed by atoms with Gasteiger partial charge in [-0.15, -0.1) is 0 Å². The Balaban J connectivity index is 2.22. The smallest absolute Gasteiger partial charge is 0.251 e. The quantitative estimate of drug-likeness (QED) is 0.769. The summed E-state index contributed by atoms with van der Waals surface area (Å²) < 4.78 is 26.6. The minimum absolute atomic E-state index is 0.0124. The Morgan fingerprint density at radius 3 is 2.78 bits per heavy atom. The molecule has 0 atom stereocenters. The molecule has 0 saturated heterocycles. The number of aromatic amines is 1. The second-order valence-electron chi connectivity index (χ2n) is 3.57. The van der Waals surface area contributed by atoms with Gasteiger partial charge >= 0.3 is 0 Å². The van der Waals surface area contributed by atoms with E-state index in [1.807, 2.05) is 0 Å². The van der Waals surface area contributed by atoms with Crippen molar-refractivity contribution in [1.82, 2.24) is 9.97 Å². The SMILES string of the molecule is NC(=O)c1cc(NCc2ncc[nH]2)c(F)cc1F. The molecule has 0 bridgehead atoms. The van der Waals surface area contributed by atoms with Gasteiger partial charge in [0.2, 0.25) is 0 Å². The van der Waals surface area contributed by atoms with Crippen molar-refractivity contribution in [1.29, 1.82) is 0 Å². The fourth-order valence-corrected chi connectivity index (χ4v) is 1.45. The lowest BCUT2D eigenvalue weighted by Crippen LogP contribution is -2.14. The predicted octanol–water partition coefficient (Wildman–Crippen LogP) is 1.40. The highest BCUT2D eigenvalue weighted by Gasteiger charge is 2.13. The van der Waals surface area contributed by atoms with Gasteiger partial charge in [0.05, 0.1) is 17.8 Å². The number of nitrogens with zero attached hydrogens (tertiary/aromatic N) is 1. The van der Waals surface area contributed by atoms with Crippen LogP contribution in [0.5, 0.6) is 0 Å². The number of primary amides is 1. The maximum absolute atomic E-state index is 13.4. The zero-order valence-corrected chi connectivity index (χ0v) is 9.21. The first kappa shape index (κ1) is 12.0. The van der Waals surface area contributed by atoms with Crippen molar-refractivity contribution < 1.29 is 13.6 Å². The number of carbonyl (C=O) groups excluding carboxylic acids is 1. The van der Waals surface area contributed by atoms with Gasteiger partial charge < -0.3 is 16.0 Å². The third-order valence-corrected chi connectivity index (χ3v) is 2.32. The van der Waals surface area contributed by atoms with Gasteiger partial charge in [-0.2, -0.15) is 0 Å². The number of imidazole rings is 1. The van der Waals surface area contributed by atoms with Crippen LogP contribution in [-0.2, 0) is 6.54 Å². The van der Waals surface area contributed by atoms with Gasteiger partial charge in [0.25, 0.3) is 5.91 Å². The van der Waals surface area contributed by atoms with Crippen LogP contribution in [-0.4, -0.2) is 15.9 Å². The number of halogens is 2. The normalized spacial score (nSPS) is 10.3. The monoisotopic (exact) mass is 252 g/mol. The molecule has 0 unspecified atom stereocenters. The number of nitrogens with one attached hydrogen (secondary N) is 2. The van der Waals surface area contributed by atoms with Crippen molar-refractivity contribution in [3.05, 3.63) is 47.5 Å². The molecule has 94 valence electrons. The Morgan fingerprint density at radius 1 is 1.39 bits per heavy atom.